The Hall–Kier alpha value is -2.98. The first-order valence-corrected chi connectivity index (χ1v) is 24.0. The number of piperazine rings is 1. The third-order valence-corrected chi connectivity index (χ3v) is 14.5. The molecule has 5 rings (SSSR count). The molecule has 1 aromatic carbocycles. The van der Waals surface area contributed by atoms with Crippen molar-refractivity contribution in [3.63, 3.8) is 0 Å². The molecule has 3 aliphatic rings. The second kappa shape index (κ2) is 14.6. The van der Waals surface area contributed by atoms with Crippen LogP contribution in [0.3, 0.4) is 0 Å². The van der Waals surface area contributed by atoms with Gasteiger partial charge in [0, 0.05) is 50.9 Å². The molecule has 0 bridgehead atoms. The van der Waals surface area contributed by atoms with Crippen molar-refractivity contribution < 1.29 is 32.6 Å². The molecule has 1 N–H and O–H groups in total. The number of nitrogens with zero attached hydrogens (tertiary/aromatic N) is 6. The number of ether oxygens (including phenoxy) is 2. The van der Waals surface area contributed by atoms with E-state index in [4.69, 9.17) is 14.6 Å². The molecule has 2 aromatic rings. The molecule has 3 fully saturated rings. The molecule has 0 unspecified atom stereocenters. The van der Waals surface area contributed by atoms with Crippen LogP contribution in [0.2, 0.25) is 25.7 Å². The van der Waals surface area contributed by atoms with Crippen LogP contribution in [0.4, 0.5) is 10.5 Å². The van der Waals surface area contributed by atoms with Crippen LogP contribution >= 0.6 is 0 Å². The summed E-state index contributed by atoms with van der Waals surface area (Å²) in [5.74, 6) is -0.284. The maximum Gasteiger partial charge on any atom is 0.410 e. The Bertz CT molecular complexity index is 1800. The lowest BCUT2D eigenvalue weighted by atomic mass is 9.95. The van der Waals surface area contributed by atoms with E-state index >= 15 is 0 Å². The van der Waals surface area contributed by atoms with Crippen molar-refractivity contribution in [3.05, 3.63) is 31.0 Å². The number of rotatable bonds is 12. The van der Waals surface area contributed by atoms with Crippen molar-refractivity contribution in [1.29, 1.82) is 0 Å². The van der Waals surface area contributed by atoms with Crippen molar-refractivity contribution in [2.45, 2.75) is 146 Å². The molecule has 13 nitrogen and oxygen atoms in total. The van der Waals surface area contributed by atoms with E-state index in [9.17, 15) is 23.1 Å². The van der Waals surface area contributed by atoms with E-state index in [0.29, 0.717) is 37.3 Å². The highest BCUT2D eigenvalue weighted by Gasteiger charge is 2.50. The van der Waals surface area contributed by atoms with Crippen molar-refractivity contribution in [3.8, 4) is 0 Å². The second-order valence-electron chi connectivity index (χ2n) is 18.4. The van der Waals surface area contributed by atoms with Gasteiger partial charge in [0.2, 0.25) is 15.9 Å². The molecule has 1 aromatic heterocycles. The average molecular weight is 775 g/mol. The Balaban J connectivity index is 1.59. The van der Waals surface area contributed by atoms with Gasteiger partial charge >= 0.3 is 6.09 Å². The van der Waals surface area contributed by atoms with Crippen LogP contribution in [-0.2, 0) is 24.3 Å². The van der Waals surface area contributed by atoms with E-state index in [-0.39, 0.29) is 48.3 Å². The van der Waals surface area contributed by atoms with Gasteiger partial charge in [0.15, 0.2) is 0 Å². The van der Waals surface area contributed by atoms with Gasteiger partial charge in [-0.15, -0.1) is 0 Å². The van der Waals surface area contributed by atoms with Gasteiger partial charge in [-0.25, -0.2) is 13.2 Å². The zero-order valence-corrected chi connectivity index (χ0v) is 35.5. The van der Waals surface area contributed by atoms with Gasteiger partial charge in [-0.05, 0) is 98.9 Å². The highest BCUT2D eigenvalue weighted by atomic mass is 32.2. The third-order valence-electron chi connectivity index (χ3n) is 10.8. The topological polar surface area (TPSA) is 138 Å². The first-order valence-electron chi connectivity index (χ1n) is 18.9. The van der Waals surface area contributed by atoms with Crippen molar-refractivity contribution in [2.75, 3.05) is 37.9 Å². The molecule has 2 saturated heterocycles. The molecule has 15 heteroatoms. The molecule has 3 heterocycles. The number of aliphatic hydroxyl groups is 1. The lowest BCUT2D eigenvalue weighted by Crippen LogP contribution is -2.59. The SMILES string of the molecule is C=CC(=O)N1C[C@H](n2ncc3c(N4C[C@H](C)N(C(=O)OC(C)(C)C)[C@@H](C)C4)cc(S(=O)(=O)N(COCC[Si](C)(C)C)C4(C)CC4)cc32)C[C@H]1C(C)(C)O. The Kier molecular flexibility index (Phi) is 11.3. The number of sulfonamides is 1. The minimum Gasteiger partial charge on any atom is -0.444 e. The predicted octanol–water partition coefficient (Wildman–Crippen LogP) is 5.82. The summed E-state index contributed by atoms with van der Waals surface area (Å²) >= 11 is 0. The van der Waals surface area contributed by atoms with E-state index in [1.807, 2.05) is 46.2 Å². The maximum atomic E-state index is 14.8. The molecule has 4 atom stereocenters. The van der Waals surface area contributed by atoms with Crippen LogP contribution in [0.1, 0.15) is 80.7 Å². The number of hydrogen-bond acceptors (Lipinski definition) is 9. The first kappa shape index (κ1) is 41.2. The minimum absolute atomic E-state index is 0.0346. The summed E-state index contributed by atoms with van der Waals surface area (Å²) in [6.07, 6.45) is 4.54. The van der Waals surface area contributed by atoms with Gasteiger partial charge < -0.3 is 24.4 Å². The van der Waals surface area contributed by atoms with Crippen LogP contribution in [0.5, 0.6) is 0 Å². The third kappa shape index (κ3) is 8.95. The Labute approximate surface area is 317 Å². The number of aromatic nitrogens is 2. The lowest BCUT2D eigenvalue weighted by molar-refractivity contribution is -0.131. The van der Waals surface area contributed by atoms with Gasteiger partial charge in [-0.3, -0.25) is 14.4 Å². The molecule has 53 heavy (non-hydrogen) atoms. The number of fused-ring (bicyclic) bond motifs is 1. The summed E-state index contributed by atoms with van der Waals surface area (Å²) in [5, 5.41) is 16.7. The molecule has 0 radical (unpaired) electrons. The maximum absolute atomic E-state index is 14.8. The average Bonchev–Trinajstić information content (AvgIpc) is 3.39. The summed E-state index contributed by atoms with van der Waals surface area (Å²) in [5.41, 5.74) is -1.07. The van der Waals surface area contributed by atoms with Crippen molar-refractivity contribution in [1.82, 2.24) is 23.9 Å². The molecule has 296 valence electrons. The molecule has 1 saturated carbocycles. The van der Waals surface area contributed by atoms with Gasteiger partial charge in [-0.1, -0.05) is 26.2 Å². The number of carbonyl (C=O) groups excluding carboxylic acids is 2. The van der Waals surface area contributed by atoms with Crippen LogP contribution in [0, 0.1) is 0 Å². The Morgan fingerprint density at radius 2 is 1.72 bits per heavy atom. The second-order valence-corrected chi connectivity index (χ2v) is 25.9. The van der Waals surface area contributed by atoms with E-state index < -0.39 is 40.9 Å². The highest BCUT2D eigenvalue weighted by Crippen LogP contribution is 2.45. The Morgan fingerprint density at radius 3 is 2.25 bits per heavy atom. The minimum atomic E-state index is -4.07. The fourth-order valence-electron chi connectivity index (χ4n) is 7.62. The van der Waals surface area contributed by atoms with Crippen LogP contribution in [-0.4, -0.2) is 125 Å². The van der Waals surface area contributed by atoms with Gasteiger partial charge in [0.25, 0.3) is 0 Å². The summed E-state index contributed by atoms with van der Waals surface area (Å²) < 4.78 is 44.9. The Morgan fingerprint density at radius 1 is 1.09 bits per heavy atom. The van der Waals surface area contributed by atoms with Crippen LogP contribution in [0.15, 0.2) is 35.9 Å². The van der Waals surface area contributed by atoms with Gasteiger partial charge in [0.1, 0.15) is 12.3 Å². The predicted molar refractivity (Wildman–Crippen MR) is 210 cm³/mol. The van der Waals surface area contributed by atoms with Crippen LogP contribution < -0.4 is 4.90 Å². The van der Waals surface area contributed by atoms with E-state index in [0.717, 1.165) is 24.3 Å². The monoisotopic (exact) mass is 774 g/mol. The normalized spacial score (nSPS) is 23.9. The highest BCUT2D eigenvalue weighted by molar-refractivity contribution is 7.89. The summed E-state index contributed by atoms with van der Waals surface area (Å²) in [4.78, 5) is 31.9. The zero-order valence-electron chi connectivity index (χ0n) is 33.7. The van der Waals surface area contributed by atoms with Gasteiger partial charge in [0.05, 0.1) is 46.4 Å². The van der Waals surface area contributed by atoms with Crippen LogP contribution in [0.25, 0.3) is 10.9 Å². The fraction of sp³-hybridized carbons (Fsp3) is 0.711. The quantitative estimate of drug-likeness (QED) is 0.122. The summed E-state index contributed by atoms with van der Waals surface area (Å²) in [6.45, 7) is 26.9. The summed E-state index contributed by atoms with van der Waals surface area (Å²) in [7, 11) is -5.46. The number of carbonyl (C=O) groups is 2. The van der Waals surface area contributed by atoms with E-state index in [1.165, 1.54) is 10.4 Å². The molecule has 2 aliphatic heterocycles. The molecule has 1 aliphatic carbocycles. The summed E-state index contributed by atoms with van der Waals surface area (Å²) in [6, 6.07) is 3.07. The first-order chi connectivity index (χ1) is 24.4. The van der Waals surface area contributed by atoms with Crippen molar-refractivity contribution in [2.24, 2.45) is 0 Å². The molecular formula is C38H62N6O7SSi. The molecular weight excluding hydrogens is 713 g/mol. The number of benzene rings is 1. The number of likely N-dealkylation sites (tertiary alicyclic amines) is 1. The fourth-order valence-corrected chi connectivity index (χ4v) is 10.1. The largest absolute Gasteiger partial charge is 0.444 e. The van der Waals surface area contributed by atoms with E-state index in [2.05, 4.69) is 31.1 Å². The number of amides is 2. The van der Waals surface area contributed by atoms with E-state index in [1.54, 1.807) is 42.0 Å². The molecule has 0 spiro atoms. The van der Waals surface area contributed by atoms with Gasteiger partial charge in [-0.2, -0.15) is 9.40 Å². The van der Waals surface area contributed by atoms with Crippen molar-refractivity contribution >= 4 is 46.7 Å². The zero-order chi connectivity index (χ0) is 39.5. The molecule has 2 amide bonds. The number of anilines is 1. The lowest BCUT2D eigenvalue weighted by Gasteiger charge is -2.45. The smallest absolute Gasteiger partial charge is 0.410 e. The standard InChI is InChI=1S/C38H62N6O7SSi/c1-13-34(45)41-24-28(18-33(41)37(7,8)47)44-32-20-29(52(48,49)42(38(9)14-15-38)25-50-16-17-53(10,11)12)19-31(30(32)21-39-44)40-22-26(2)43(27(3)23-40)35(46)51-36(4,5)6/h13,19-21,26-28,33,47H,1,14-18,22-25H2,2-12H3/t26-,27-,28+,33-/m0/s1. The number of hydrogen-bond donors (Lipinski definition) is 1.